The highest BCUT2D eigenvalue weighted by Crippen LogP contribution is 2.38. The molecule has 0 aliphatic heterocycles. The molecular formula is C26H19Cl2FN8O. The van der Waals surface area contributed by atoms with Crippen molar-refractivity contribution in [1.29, 1.82) is 0 Å². The highest BCUT2D eigenvalue weighted by atomic mass is 35.5. The summed E-state index contributed by atoms with van der Waals surface area (Å²) in [6.45, 7) is 0.0926. The van der Waals surface area contributed by atoms with Crippen LogP contribution in [0.2, 0.25) is 10.0 Å². The maximum atomic E-state index is 15.3. The Kier molecular flexibility index (Phi) is 6.96. The van der Waals surface area contributed by atoms with Gasteiger partial charge in [0.1, 0.15) is 5.82 Å². The van der Waals surface area contributed by atoms with Gasteiger partial charge in [0.05, 0.1) is 29.5 Å². The van der Waals surface area contributed by atoms with E-state index in [0.29, 0.717) is 55.1 Å². The van der Waals surface area contributed by atoms with Gasteiger partial charge >= 0.3 is 0 Å². The second-order valence-electron chi connectivity index (χ2n) is 8.25. The number of terminal acetylenes is 1. The topological polar surface area (TPSA) is 103 Å². The van der Waals surface area contributed by atoms with Crippen LogP contribution >= 0.6 is 23.2 Å². The number of hydrogen-bond donors (Lipinski definition) is 2. The zero-order valence-corrected chi connectivity index (χ0v) is 21.4. The van der Waals surface area contributed by atoms with Crippen molar-refractivity contribution in [3.05, 3.63) is 76.0 Å². The van der Waals surface area contributed by atoms with Crippen molar-refractivity contribution < 1.29 is 9.18 Å². The number of carbonyl (C=O) groups is 1. The molecule has 12 heteroatoms. The normalized spacial score (nSPS) is 10.9. The van der Waals surface area contributed by atoms with Crippen LogP contribution in [0.15, 0.2) is 54.6 Å². The summed E-state index contributed by atoms with van der Waals surface area (Å²) in [7, 11) is 1.64. The predicted molar refractivity (Wildman–Crippen MR) is 145 cm³/mol. The standard InChI is InChI=1S/C26H19Cl2FN8O/c1-3-6-23(38)33-37-22-8-5-4-7-21(22)31-26(37)30-14-16-10-9-15(11-20(16)29)18-12-17(27)13-19(28)24(18)25-32-35-36(2)34-25/h1,4-5,7-13H,6,14H2,2H3,(H,30,31)(H,33,38). The van der Waals surface area contributed by atoms with E-state index in [9.17, 15) is 4.79 Å². The Balaban J connectivity index is 1.45. The lowest BCUT2D eigenvalue weighted by atomic mass is 9.97. The molecule has 5 aromatic rings. The first-order valence-electron chi connectivity index (χ1n) is 11.3. The minimum absolute atomic E-state index is 0.0926. The van der Waals surface area contributed by atoms with Crippen molar-refractivity contribution in [3.63, 3.8) is 0 Å². The lowest BCUT2D eigenvalue weighted by molar-refractivity contribution is -0.116. The van der Waals surface area contributed by atoms with Gasteiger partial charge < -0.3 is 5.32 Å². The van der Waals surface area contributed by atoms with Crippen LogP contribution in [0, 0.1) is 18.2 Å². The Morgan fingerprint density at radius 3 is 2.71 bits per heavy atom. The van der Waals surface area contributed by atoms with E-state index in [2.05, 4.69) is 37.1 Å². The largest absolute Gasteiger partial charge is 0.350 e. The molecule has 1 amide bonds. The third-order valence-corrected chi connectivity index (χ3v) is 6.16. The minimum atomic E-state index is -0.469. The van der Waals surface area contributed by atoms with Crippen LogP contribution in [0.4, 0.5) is 10.3 Å². The summed E-state index contributed by atoms with van der Waals surface area (Å²) in [4.78, 5) is 18.0. The SMILES string of the molecule is C#CCC(=O)Nn1c(NCc2ccc(-c3cc(Cl)cc(Cl)c3-c3nnn(C)n3)cc2F)nc2ccccc21. The number of halogens is 3. The van der Waals surface area contributed by atoms with Gasteiger partial charge in [-0.2, -0.15) is 4.80 Å². The number of rotatable bonds is 7. The van der Waals surface area contributed by atoms with Crippen molar-refractivity contribution in [1.82, 2.24) is 29.9 Å². The third-order valence-electron chi connectivity index (χ3n) is 5.65. The molecule has 0 bridgehead atoms. The van der Waals surface area contributed by atoms with E-state index in [1.54, 1.807) is 43.4 Å². The van der Waals surface area contributed by atoms with Crippen LogP contribution in [0.25, 0.3) is 33.5 Å². The smallest absolute Gasteiger partial charge is 0.250 e. The lowest BCUT2D eigenvalue weighted by Crippen LogP contribution is -2.24. The first kappa shape index (κ1) is 25.2. The molecule has 0 radical (unpaired) electrons. The Hall–Kier alpha value is -4.46. The number of nitrogens with zero attached hydrogens (tertiary/aromatic N) is 6. The van der Waals surface area contributed by atoms with Crippen LogP contribution in [0.1, 0.15) is 12.0 Å². The number of aryl methyl sites for hydroxylation is 1. The lowest BCUT2D eigenvalue weighted by Gasteiger charge is -2.13. The number of aromatic nitrogens is 6. The van der Waals surface area contributed by atoms with Crippen LogP contribution in [0.3, 0.4) is 0 Å². The molecule has 9 nitrogen and oxygen atoms in total. The van der Waals surface area contributed by atoms with E-state index in [4.69, 9.17) is 29.6 Å². The second-order valence-corrected chi connectivity index (χ2v) is 9.09. The summed E-state index contributed by atoms with van der Waals surface area (Å²) in [6.07, 6.45) is 5.16. The summed E-state index contributed by atoms with van der Waals surface area (Å²) in [5.74, 6) is 2.09. The minimum Gasteiger partial charge on any atom is -0.350 e. The summed E-state index contributed by atoms with van der Waals surface area (Å²) in [5, 5.41) is 15.9. The highest BCUT2D eigenvalue weighted by Gasteiger charge is 2.19. The Bertz CT molecular complexity index is 1720. The van der Waals surface area contributed by atoms with E-state index < -0.39 is 5.82 Å². The van der Waals surface area contributed by atoms with Gasteiger partial charge in [0, 0.05) is 22.7 Å². The molecule has 0 aliphatic carbocycles. The van der Waals surface area contributed by atoms with Gasteiger partial charge in [-0.25, -0.2) is 14.1 Å². The van der Waals surface area contributed by atoms with E-state index >= 15 is 4.39 Å². The fourth-order valence-electron chi connectivity index (χ4n) is 3.96. The van der Waals surface area contributed by atoms with Crippen LogP contribution < -0.4 is 10.7 Å². The van der Waals surface area contributed by atoms with Crippen LogP contribution in [0.5, 0.6) is 0 Å². The number of carbonyl (C=O) groups excluding carboxylic acids is 1. The van der Waals surface area contributed by atoms with Crippen molar-refractivity contribution in [2.24, 2.45) is 7.05 Å². The Morgan fingerprint density at radius 1 is 1.16 bits per heavy atom. The molecule has 2 aromatic heterocycles. The molecule has 0 aliphatic rings. The summed E-state index contributed by atoms with van der Waals surface area (Å²) >= 11 is 12.7. The molecule has 0 spiro atoms. The molecule has 0 atom stereocenters. The molecule has 190 valence electrons. The average Bonchev–Trinajstić information content (AvgIpc) is 3.46. The molecular weight excluding hydrogens is 530 g/mol. The Labute approximate surface area is 226 Å². The number of tetrazole rings is 1. The number of fused-ring (bicyclic) bond motifs is 1. The van der Waals surface area contributed by atoms with E-state index in [1.807, 2.05) is 12.1 Å². The predicted octanol–water partition coefficient (Wildman–Crippen LogP) is 5.05. The quantitative estimate of drug-likeness (QED) is 0.276. The number of para-hydroxylation sites is 2. The van der Waals surface area contributed by atoms with Crippen LogP contribution in [-0.2, 0) is 18.4 Å². The number of nitrogens with one attached hydrogen (secondary N) is 2. The van der Waals surface area contributed by atoms with Gasteiger partial charge in [-0.15, -0.1) is 16.6 Å². The third kappa shape index (κ3) is 5.02. The number of amides is 1. The van der Waals surface area contributed by atoms with E-state index in [-0.39, 0.29) is 18.9 Å². The first-order chi connectivity index (χ1) is 18.3. The van der Waals surface area contributed by atoms with Crippen LogP contribution in [-0.4, -0.2) is 35.8 Å². The molecule has 38 heavy (non-hydrogen) atoms. The molecule has 3 aromatic carbocycles. The molecule has 0 fully saturated rings. The van der Waals surface area contributed by atoms with E-state index in [1.165, 1.54) is 15.5 Å². The summed E-state index contributed by atoms with van der Waals surface area (Å²) < 4.78 is 16.8. The molecule has 0 saturated heterocycles. The highest BCUT2D eigenvalue weighted by molar-refractivity contribution is 6.37. The fourth-order valence-corrected chi connectivity index (χ4v) is 4.54. The number of benzene rings is 3. The summed E-state index contributed by atoms with van der Waals surface area (Å²) in [5.41, 5.74) is 5.99. The maximum Gasteiger partial charge on any atom is 0.250 e. The number of imidazole rings is 1. The summed E-state index contributed by atoms with van der Waals surface area (Å²) in [6, 6.07) is 15.3. The van der Waals surface area contributed by atoms with E-state index in [0.717, 1.165) is 0 Å². The fraction of sp³-hybridized carbons (Fsp3) is 0.115. The van der Waals surface area contributed by atoms with Crippen molar-refractivity contribution in [2.45, 2.75) is 13.0 Å². The number of anilines is 1. The van der Waals surface area contributed by atoms with Crippen molar-refractivity contribution >= 4 is 46.1 Å². The number of hydrogen-bond acceptors (Lipinski definition) is 6. The molecule has 5 rings (SSSR count). The first-order valence-corrected chi connectivity index (χ1v) is 12.1. The Morgan fingerprint density at radius 2 is 1.97 bits per heavy atom. The molecule has 2 N–H and O–H groups in total. The van der Waals surface area contributed by atoms with Gasteiger partial charge in [-0.1, -0.05) is 53.4 Å². The van der Waals surface area contributed by atoms with Gasteiger partial charge in [-0.3, -0.25) is 10.2 Å². The van der Waals surface area contributed by atoms with Gasteiger partial charge in [0.15, 0.2) is 0 Å². The second kappa shape index (κ2) is 10.5. The van der Waals surface area contributed by atoms with Gasteiger partial charge in [0.25, 0.3) is 5.91 Å². The zero-order chi connectivity index (χ0) is 26.8. The van der Waals surface area contributed by atoms with Gasteiger partial charge in [-0.05, 0) is 46.7 Å². The molecule has 0 saturated carbocycles. The molecule has 2 heterocycles. The average molecular weight is 549 g/mol. The maximum absolute atomic E-state index is 15.3. The molecule has 0 unspecified atom stereocenters. The monoisotopic (exact) mass is 548 g/mol. The zero-order valence-electron chi connectivity index (χ0n) is 19.9. The van der Waals surface area contributed by atoms with Crippen molar-refractivity contribution in [3.8, 4) is 34.9 Å². The van der Waals surface area contributed by atoms with Crippen molar-refractivity contribution in [2.75, 3.05) is 10.7 Å². The van der Waals surface area contributed by atoms with Gasteiger partial charge in [0.2, 0.25) is 11.8 Å².